The van der Waals surface area contributed by atoms with E-state index in [1.165, 1.54) is 0 Å². The number of aliphatic hydroxyl groups excluding tert-OH is 1. The standard InChI is InChI=1S/C14H19NO3S/c16-14-6-3-8-15(11-7-9-19(17,18)10-11)13-5-2-1-4-12(13)14/h1-2,4-5,11,14,16H,3,6-10H2. The Morgan fingerprint density at radius 1 is 1.21 bits per heavy atom. The number of nitrogens with zero attached hydrogens (tertiary/aromatic N) is 1. The first kappa shape index (κ1) is 12.9. The molecule has 1 fully saturated rings. The molecule has 104 valence electrons. The van der Waals surface area contributed by atoms with Gasteiger partial charge in [0.05, 0.1) is 17.6 Å². The van der Waals surface area contributed by atoms with E-state index in [9.17, 15) is 13.5 Å². The molecule has 1 N–H and O–H groups in total. The molecule has 2 atom stereocenters. The SMILES string of the molecule is O=S1(=O)CCC(N2CCCC(O)c3ccccc32)C1. The van der Waals surface area contributed by atoms with Crippen LogP contribution in [0.4, 0.5) is 5.69 Å². The molecule has 0 radical (unpaired) electrons. The first-order chi connectivity index (χ1) is 9.07. The van der Waals surface area contributed by atoms with Crippen molar-refractivity contribution in [2.24, 2.45) is 0 Å². The fourth-order valence-corrected chi connectivity index (χ4v) is 4.89. The smallest absolute Gasteiger partial charge is 0.152 e. The molecular weight excluding hydrogens is 262 g/mol. The van der Waals surface area contributed by atoms with Gasteiger partial charge in [-0.2, -0.15) is 0 Å². The molecule has 1 aromatic rings. The summed E-state index contributed by atoms with van der Waals surface area (Å²) in [5, 5.41) is 10.2. The molecule has 3 rings (SSSR count). The zero-order chi connectivity index (χ0) is 13.5. The van der Waals surface area contributed by atoms with E-state index in [1.54, 1.807) is 0 Å². The van der Waals surface area contributed by atoms with E-state index in [0.29, 0.717) is 12.2 Å². The molecule has 0 spiro atoms. The minimum Gasteiger partial charge on any atom is -0.388 e. The number of para-hydroxylation sites is 1. The van der Waals surface area contributed by atoms with Crippen molar-refractivity contribution < 1.29 is 13.5 Å². The molecule has 2 aliphatic heterocycles. The summed E-state index contributed by atoms with van der Waals surface area (Å²) in [5.74, 6) is 0.538. The highest BCUT2D eigenvalue weighted by Crippen LogP contribution is 2.35. The quantitative estimate of drug-likeness (QED) is 0.847. The lowest BCUT2D eigenvalue weighted by molar-refractivity contribution is 0.168. The van der Waals surface area contributed by atoms with Gasteiger partial charge in [0.1, 0.15) is 0 Å². The van der Waals surface area contributed by atoms with Gasteiger partial charge >= 0.3 is 0 Å². The monoisotopic (exact) mass is 281 g/mol. The second-order valence-electron chi connectivity index (χ2n) is 5.47. The number of rotatable bonds is 1. The number of aliphatic hydroxyl groups is 1. The normalized spacial score (nSPS) is 29.8. The van der Waals surface area contributed by atoms with Crippen LogP contribution in [0, 0.1) is 0 Å². The van der Waals surface area contributed by atoms with Crippen molar-refractivity contribution in [3.05, 3.63) is 29.8 Å². The van der Waals surface area contributed by atoms with Crippen LogP contribution in [0.25, 0.3) is 0 Å². The molecule has 2 unspecified atom stereocenters. The average Bonchev–Trinajstić information content (AvgIpc) is 2.65. The minimum atomic E-state index is -2.88. The minimum absolute atomic E-state index is 0.0662. The Balaban J connectivity index is 1.96. The molecule has 4 nitrogen and oxygen atoms in total. The number of fused-ring (bicyclic) bond motifs is 1. The number of anilines is 1. The van der Waals surface area contributed by atoms with Crippen LogP contribution >= 0.6 is 0 Å². The molecule has 1 saturated heterocycles. The van der Waals surface area contributed by atoms with Gasteiger partial charge in [-0.15, -0.1) is 0 Å². The summed E-state index contributed by atoms with van der Waals surface area (Å²) >= 11 is 0. The zero-order valence-electron chi connectivity index (χ0n) is 10.8. The zero-order valence-corrected chi connectivity index (χ0v) is 11.6. The van der Waals surface area contributed by atoms with Crippen molar-refractivity contribution in [2.75, 3.05) is 23.0 Å². The fraction of sp³-hybridized carbons (Fsp3) is 0.571. The van der Waals surface area contributed by atoms with Crippen molar-refractivity contribution in [1.82, 2.24) is 0 Å². The largest absolute Gasteiger partial charge is 0.388 e. The molecule has 0 amide bonds. The van der Waals surface area contributed by atoms with Gasteiger partial charge in [0.25, 0.3) is 0 Å². The lowest BCUT2D eigenvalue weighted by Gasteiger charge is -2.30. The summed E-state index contributed by atoms with van der Waals surface area (Å²) in [6.45, 7) is 0.828. The van der Waals surface area contributed by atoms with Gasteiger partial charge in [-0.25, -0.2) is 8.42 Å². The molecule has 0 aliphatic carbocycles. The third kappa shape index (κ3) is 2.49. The van der Waals surface area contributed by atoms with E-state index in [4.69, 9.17) is 0 Å². The molecule has 0 saturated carbocycles. The molecule has 19 heavy (non-hydrogen) atoms. The first-order valence-electron chi connectivity index (χ1n) is 6.81. The molecule has 1 aromatic carbocycles. The van der Waals surface area contributed by atoms with E-state index in [0.717, 1.165) is 30.6 Å². The molecule has 2 heterocycles. The van der Waals surface area contributed by atoms with Gasteiger partial charge in [0.2, 0.25) is 0 Å². The highest BCUT2D eigenvalue weighted by atomic mass is 32.2. The van der Waals surface area contributed by atoms with Crippen molar-refractivity contribution in [3.8, 4) is 0 Å². The third-order valence-corrected chi connectivity index (χ3v) is 5.88. The summed E-state index contributed by atoms with van der Waals surface area (Å²) in [6.07, 6.45) is 1.91. The van der Waals surface area contributed by atoms with E-state index in [-0.39, 0.29) is 11.8 Å². The van der Waals surface area contributed by atoms with Crippen LogP contribution < -0.4 is 4.90 Å². The average molecular weight is 281 g/mol. The van der Waals surface area contributed by atoms with E-state index in [1.807, 2.05) is 24.3 Å². The van der Waals surface area contributed by atoms with Gasteiger partial charge < -0.3 is 10.0 Å². The molecule has 0 aromatic heterocycles. The third-order valence-electron chi connectivity index (χ3n) is 4.13. The van der Waals surface area contributed by atoms with Crippen molar-refractivity contribution in [2.45, 2.75) is 31.4 Å². The summed E-state index contributed by atoms with van der Waals surface area (Å²) in [6, 6.07) is 7.89. The first-order valence-corrected chi connectivity index (χ1v) is 8.63. The maximum absolute atomic E-state index is 11.7. The van der Waals surface area contributed by atoms with E-state index < -0.39 is 15.9 Å². The Kier molecular flexibility index (Phi) is 3.27. The van der Waals surface area contributed by atoms with Crippen LogP contribution in [0.15, 0.2) is 24.3 Å². The Morgan fingerprint density at radius 2 is 2.00 bits per heavy atom. The highest BCUT2D eigenvalue weighted by Gasteiger charge is 2.34. The highest BCUT2D eigenvalue weighted by molar-refractivity contribution is 7.91. The molecule has 5 heteroatoms. The Bertz CT molecular complexity index is 570. The second kappa shape index (κ2) is 4.80. The number of hydrogen-bond acceptors (Lipinski definition) is 4. The maximum Gasteiger partial charge on any atom is 0.152 e. The van der Waals surface area contributed by atoms with Crippen LogP contribution in [-0.4, -0.2) is 37.6 Å². The summed E-state index contributed by atoms with van der Waals surface area (Å²) in [5.41, 5.74) is 1.94. The molecule has 0 bridgehead atoms. The van der Waals surface area contributed by atoms with Gasteiger partial charge in [-0.3, -0.25) is 0 Å². The predicted octanol–water partition coefficient (Wildman–Crippen LogP) is 1.51. The maximum atomic E-state index is 11.7. The predicted molar refractivity (Wildman–Crippen MR) is 75.0 cm³/mol. The van der Waals surface area contributed by atoms with E-state index >= 15 is 0 Å². The van der Waals surface area contributed by atoms with Crippen LogP contribution in [0.2, 0.25) is 0 Å². The van der Waals surface area contributed by atoms with Crippen LogP contribution in [0.1, 0.15) is 30.9 Å². The van der Waals surface area contributed by atoms with Crippen LogP contribution in [0.5, 0.6) is 0 Å². The lowest BCUT2D eigenvalue weighted by Crippen LogP contribution is -2.37. The summed E-state index contributed by atoms with van der Waals surface area (Å²) in [4.78, 5) is 2.19. The Hall–Kier alpha value is -1.07. The van der Waals surface area contributed by atoms with Crippen LogP contribution in [-0.2, 0) is 9.84 Å². The van der Waals surface area contributed by atoms with Crippen molar-refractivity contribution in [1.29, 1.82) is 0 Å². The number of benzene rings is 1. The number of sulfone groups is 1. The molecule has 2 aliphatic rings. The van der Waals surface area contributed by atoms with E-state index in [2.05, 4.69) is 4.90 Å². The molecular formula is C14H19NO3S. The van der Waals surface area contributed by atoms with Gasteiger partial charge in [0, 0.05) is 23.8 Å². The summed E-state index contributed by atoms with van der Waals surface area (Å²) in [7, 11) is -2.88. The topological polar surface area (TPSA) is 57.6 Å². The van der Waals surface area contributed by atoms with Gasteiger partial charge in [-0.1, -0.05) is 18.2 Å². The summed E-state index contributed by atoms with van der Waals surface area (Å²) < 4.78 is 23.3. The van der Waals surface area contributed by atoms with Gasteiger partial charge in [-0.05, 0) is 25.3 Å². The fourth-order valence-electron chi connectivity index (χ4n) is 3.16. The lowest BCUT2D eigenvalue weighted by atomic mass is 10.0. The van der Waals surface area contributed by atoms with Crippen molar-refractivity contribution >= 4 is 15.5 Å². The second-order valence-corrected chi connectivity index (χ2v) is 7.70. The Morgan fingerprint density at radius 3 is 2.74 bits per heavy atom. The number of hydrogen-bond donors (Lipinski definition) is 1. The van der Waals surface area contributed by atoms with Crippen molar-refractivity contribution in [3.63, 3.8) is 0 Å². The van der Waals surface area contributed by atoms with Crippen LogP contribution in [0.3, 0.4) is 0 Å². The van der Waals surface area contributed by atoms with Gasteiger partial charge in [0.15, 0.2) is 9.84 Å². The Labute approximate surface area is 114 Å².